The van der Waals surface area contributed by atoms with Crippen LogP contribution < -0.4 is 0 Å². The van der Waals surface area contributed by atoms with Crippen molar-refractivity contribution in [3.05, 3.63) is 122 Å². The monoisotopic (exact) mass is 1530 g/mol. The predicted octanol–water partition coefficient (Wildman–Crippen LogP) is 24.7. The lowest BCUT2D eigenvalue weighted by Gasteiger charge is -2.21. The largest absolute Gasteiger partial charge is 0.472 e. The Hall–Kier alpha value is -4.54. The third-order valence-electron chi connectivity index (χ3n) is 17.4. The molecule has 19 heteroatoms. The van der Waals surface area contributed by atoms with Gasteiger partial charge in [0, 0.05) is 25.7 Å². The van der Waals surface area contributed by atoms with Gasteiger partial charge in [0.15, 0.2) is 12.2 Å². The van der Waals surface area contributed by atoms with Crippen LogP contribution in [-0.4, -0.2) is 96.7 Å². The number of carbonyl (C=O) groups excluding carboxylic acids is 4. The lowest BCUT2D eigenvalue weighted by atomic mass is 10.1. The molecule has 0 heterocycles. The summed E-state index contributed by atoms with van der Waals surface area (Å²) in [5.74, 6) is -2.22. The number of phosphoric acid groups is 2. The van der Waals surface area contributed by atoms with Gasteiger partial charge in [-0.1, -0.05) is 284 Å². The van der Waals surface area contributed by atoms with Crippen LogP contribution >= 0.6 is 15.6 Å². The number of rotatable bonds is 78. The van der Waals surface area contributed by atoms with E-state index in [1.807, 2.05) is 0 Å². The summed E-state index contributed by atoms with van der Waals surface area (Å²) in [7, 11) is -9.98. The first-order valence-corrected chi connectivity index (χ1v) is 44.8. The van der Waals surface area contributed by atoms with Gasteiger partial charge in [-0.25, -0.2) is 9.13 Å². The van der Waals surface area contributed by atoms with Crippen LogP contribution in [0.4, 0.5) is 0 Å². The first-order valence-electron chi connectivity index (χ1n) is 41.8. The molecule has 17 nitrogen and oxygen atoms in total. The number of phosphoric ester groups is 2. The Bertz CT molecular complexity index is 2480. The minimum Gasteiger partial charge on any atom is -0.462 e. The molecule has 0 spiro atoms. The van der Waals surface area contributed by atoms with Crippen LogP contribution in [0.25, 0.3) is 0 Å². The van der Waals surface area contributed by atoms with Crippen LogP contribution in [0.3, 0.4) is 0 Å². The second kappa shape index (κ2) is 78.6. The molecule has 0 saturated heterocycles. The van der Waals surface area contributed by atoms with Crippen LogP contribution in [0.15, 0.2) is 122 Å². The van der Waals surface area contributed by atoms with E-state index in [0.717, 1.165) is 205 Å². The molecule has 5 unspecified atom stereocenters. The zero-order valence-electron chi connectivity index (χ0n) is 66.8. The third-order valence-corrected chi connectivity index (χ3v) is 19.3. The molecule has 0 aliphatic carbocycles. The molecular weight excluding hydrogens is 1380 g/mol. The van der Waals surface area contributed by atoms with Gasteiger partial charge in [0.1, 0.15) is 19.3 Å². The molecule has 0 rings (SSSR count). The lowest BCUT2D eigenvalue weighted by molar-refractivity contribution is -0.161. The molecule has 0 bridgehead atoms. The highest BCUT2D eigenvalue weighted by molar-refractivity contribution is 7.47. The summed E-state index contributed by atoms with van der Waals surface area (Å²) < 4.78 is 68.7. The fourth-order valence-electron chi connectivity index (χ4n) is 11.0. The fraction of sp³-hybridized carbons (Fsp3) is 0.724. The van der Waals surface area contributed by atoms with Crippen LogP contribution in [0.2, 0.25) is 0 Å². The lowest BCUT2D eigenvalue weighted by Crippen LogP contribution is -2.30. The van der Waals surface area contributed by atoms with Crippen molar-refractivity contribution in [3.63, 3.8) is 0 Å². The van der Waals surface area contributed by atoms with E-state index >= 15 is 0 Å². The van der Waals surface area contributed by atoms with Crippen molar-refractivity contribution in [1.29, 1.82) is 0 Å². The maximum atomic E-state index is 13.1. The smallest absolute Gasteiger partial charge is 0.462 e. The molecule has 0 aromatic carbocycles. The molecule has 0 aromatic rings. The maximum Gasteiger partial charge on any atom is 0.472 e. The summed E-state index contributed by atoms with van der Waals surface area (Å²) in [6.07, 6.45) is 87.3. The van der Waals surface area contributed by atoms with Crippen molar-refractivity contribution in [3.8, 4) is 0 Å². The first kappa shape index (κ1) is 101. The van der Waals surface area contributed by atoms with Crippen molar-refractivity contribution in [2.45, 2.75) is 367 Å². The molecule has 0 aliphatic rings. The van der Waals surface area contributed by atoms with Crippen molar-refractivity contribution in [2.24, 2.45) is 0 Å². The first-order chi connectivity index (χ1) is 51.7. The van der Waals surface area contributed by atoms with Crippen molar-refractivity contribution in [2.75, 3.05) is 39.6 Å². The number of hydrogen-bond acceptors (Lipinski definition) is 15. The van der Waals surface area contributed by atoms with Gasteiger partial charge in [0.25, 0.3) is 0 Å². The third kappa shape index (κ3) is 77.6. The zero-order valence-corrected chi connectivity index (χ0v) is 68.6. The summed E-state index contributed by atoms with van der Waals surface area (Å²) in [6.45, 7) is 4.67. The fourth-order valence-corrected chi connectivity index (χ4v) is 12.6. The molecule has 0 aliphatic heterocycles. The summed E-state index contributed by atoms with van der Waals surface area (Å²) in [6, 6.07) is 0. The highest BCUT2D eigenvalue weighted by Crippen LogP contribution is 2.45. The van der Waals surface area contributed by atoms with E-state index in [1.54, 1.807) is 0 Å². The quantitative estimate of drug-likeness (QED) is 0.0169. The minimum absolute atomic E-state index is 0.0753. The van der Waals surface area contributed by atoms with Crippen LogP contribution in [0, 0.1) is 0 Å². The number of allylic oxidation sites excluding steroid dienone is 20. The maximum absolute atomic E-state index is 13.1. The predicted molar refractivity (Wildman–Crippen MR) is 436 cm³/mol. The van der Waals surface area contributed by atoms with Crippen LogP contribution in [-0.2, 0) is 65.4 Å². The number of hydrogen-bond donors (Lipinski definition) is 3. The number of unbranched alkanes of at least 4 members (excludes halogenated alkanes) is 32. The Morgan fingerprint density at radius 2 is 0.491 bits per heavy atom. The summed E-state index contributed by atoms with van der Waals surface area (Å²) >= 11 is 0. The normalized spacial score (nSPS) is 14.4. The van der Waals surface area contributed by atoms with Crippen molar-refractivity contribution < 1.29 is 80.2 Å². The summed E-state index contributed by atoms with van der Waals surface area (Å²) in [5, 5.41) is 10.7. The number of esters is 4. The Balaban J connectivity index is 5.40. The van der Waals surface area contributed by atoms with Gasteiger partial charge in [-0.3, -0.25) is 37.3 Å². The van der Waals surface area contributed by atoms with Gasteiger partial charge in [-0.2, -0.15) is 0 Å². The van der Waals surface area contributed by atoms with Gasteiger partial charge < -0.3 is 33.8 Å². The van der Waals surface area contributed by atoms with Crippen molar-refractivity contribution >= 4 is 39.5 Å². The van der Waals surface area contributed by atoms with Gasteiger partial charge in [-0.05, 0) is 161 Å². The second-order valence-corrected chi connectivity index (χ2v) is 30.6. The number of aliphatic hydroxyl groups is 1. The highest BCUT2D eigenvalue weighted by atomic mass is 31.2. The standard InChI is InChI=1S/C87H150O17P2/c1-5-9-13-17-21-25-29-33-36-38-40-42-45-49-52-56-60-64-68-72-85(90)98-78-83(104-87(92)74-70-66-62-58-54-50-46-43-41-39-37-34-30-26-22-18-14-10-6-2)80-102-106(95,96)100-76-81(88)75-99-105(93,94)101-79-82(103-86(91)73-69-65-61-57-53-47-32-28-24-20-16-12-8-4)77-97-84(89)71-67-63-59-55-51-48-44-35-31-27-23-19-15-11-7-3/h11,15,21-23,25-28,32-37,40-44,81-83,88H,5-10,12-14,16-20,24,29-31,38-39,45-80H2,1-4H3,(H,93,94)(H,95,96)/b15-11-,25-21-,26-22-,27-23-,32-28-,36-33-,37-34-,42-40-,43-41-,44-35-. The van der Waals surface area contributed by atoms with E-state index in [2.05, 4.69) is 149 Å². The molecular formula is C87H150O17P2. The topological polar surface area (TPSA) is 237 Å². The zero-order chi connectivity index (χ0) is 77.4. The van der Waals surface area contributed by atoms with Gasteiger partial charge in [-0.15, -0.1) is 0 Å². The van der Waals surface area contributed by atoms with E-state index in [4.69, 9.17) is 37.0 Å². The molecule has 0 radical (unpaired) electrons. The van der Waals surface area contributed by atoms with Crippen molar-refractivity contribution in [1.82, 2.24) is 0 Å². The average molecular weight is 1530 g/mol. The average Bonchev–Trinajstić information content (AvgIpc) is 0.901. The molecule has 0 amide bonds. The Kier molecular flexibility index (Phi) is 75.2. The van der Waals surface area contributed by atoms with Gasteiger partial charge in [0.05, 0.1) is 26.4 Å². The van der Waals surface area contributed by atoms with E-state index in [1.165, 1.54) is 64.2 Å². The highest BCUT2D eigenvalue weighted by Gasteiger charge is 2.30. The molecule has 0 aromatic heterocycles. The summed E-state index contributed by atoms with van der Waals surface area (Å²) in [5.41, 5.74) is 0. The number of carbonyl (C=O) groups is 4. The number of aliphatic hydroxyl groups excluding tert-OH is 1. The van der Waals surface area contributed by atoms with Crippen LogP contribution in [0.5, 0.6) is 0 Å². The molecule has 610 valence electrons. The Labute approximate surface area is 644 Å². The molecule has 106 heavy (non-hydrogen) atoms. The van der Waals surface area contributed by atoms with Crippen LogP contribution in [0.1, 0.15) is 349 Å². The molecule has 0 saturated carbocycles. The summed E-state index contributed by atoms with van der Waals surface area (Å²) in [4.78, 5) is 73.1. The van der Waals surface area contributed by atoms with E-state index < -0.39 is 97.5 Å². The Morgan fingerprint density at radius 3 is 0.783 bits per heavy atom. The van der Waals surface area contributed by atoms with E-state index in [-0.39, 0.29) is 25.7 Å². The number of ether oxygens (including phenoxy) is 4. The van der Waals surface area contributed by atoms with Gasteiger partial charge in [0.2, 0.25) is 0 Å². The molecule has 5 atom stereocenters. The Morgan fingerprint density at radius 1 is 0.274 bits per heavy atom. The van der Waals surface area contributed by atoms with E-state index in [0.29, 0.717) is 25.7 Å². The molecule has 3 N–H and O–H groups in total. The SMILES string of the molecule is CC/C=C\C/C=C\C/C=C\CCCCCCCC(=O)OCC(COP(=O)(O)OCC(O)COP(=O)(O)OCC(COC(=O)CCCCCCCC/C=C\C/C=C\C/C=C\CCCCC)OC(=O)CCCCCCCC/C=C\C/C=C\C/C=C\CCCCC)OC(=O)CCCCCCC/C=C\CCCCCC. The molecule has 0 fully saturated rings. The second-order valence-electron chi connectivity index (χ2n) is 27.7. The minimum atomic E-state index is -4.99. The van der Waals surface area contributed by atoms with E-state index in [9.17, 15) is 43.2 Å². The van der Waals surface area contributed by atoms with Gasteiger partial charge >= 0.3 is 39.5 Å².